The number of aryl methyl sites for hydroxylation is 5. The summed E-state index contributed by atoms with van der Waals surface area (Å²) < 4.78 is 2.30. The minimum absolute atomic E-state index is 0.999. The molecule has 0 unspecified atom stereocenters. The molecule has 25 heavy (non-hydrogen) atoms. The first-order valence-corrected chi connectivity index (χ1v) is 8.74. The van der Waals surface area contributed by atoms with Crippen molar-refractivity contribution in [2.45, 2.75) is 41.5 Å². The molecule has 0 saturated heterocycles. The Morgan fingerprint density at radius 3 is 2.00 bits per heavy atom. The van der Waals surface area contributed by atoms with Crippen LogP contribution in [0.25, 0.3) is 5.69 Å². The fraction of sp³-hybridized carbons (Fsp3) is 0.261. The molecule has 0 fully saturated rings. The normalized spacial score (nSPS) is 11.4. The lowest BCUT2D eigenvalue weighted by Crippen LogP contribution is -2.00. The topological polar surface area (TPSA) is 17.3 Å². The van der Waals surface area contributed by atoms with Crippen LogP contribution in [-0.2, 0) is 0 Å². The van der Waals surface area contributed by atoms with Crippen LogP contribution in [0, 0.1) is 41.5 Å². The van der Waals surface area contributed by atoms with Gasteiger partial charge in [0.05, 0.1) is 5.69 Å². The van der Waals surface area contributed by atoms with Gasteiger partial charge >= 0.3 is 0 Å². The fourth-order valence-corrected chi connectivity index (χ4v) is 3.13. The van der Waals surface area contributed by atoms with E-state index in [4.69, 9.17) is 0 Å². The highest BCUT2D eigenvalue weighted by molar-refractivity contribution is 5.84. The van der Waals surface area contributed by atoms with Crippen molar-refractivity contribution in [1.29, 1.82) is 0 Å². The molecule has 2 nitrogen and oxygen atoms in total. The maximum atomic E-state index is 4.68. The van der Waals surface area contributed by atoms with Crippen LogP contribution in [0.1, 0.15) is 39.2 Å². The summed E-state index contributed by atoms with van der Waals surface area (Å²) in [7, 11) is 0. The van der Waals surface area contributed by atoms with Crippen LogP contribution in [0.5, 0.6) is 0 Å². The second-order valence-electron chi connectivity index (χ2n) is 6.96. The number of hydrogen-bond donors (Lipinski definition) is 0. The summed E-state index contributed by atoms with van der Waals surface area (Å²) in [6, 6.07) is 15.2. The molecule has 1 aromatic heterocycles. The first kappa shape index (κ1) is 17.2. The Morgan fingerprint density at radius 1 is 0.720 bits per heavy atom. The molecule has 3 aromatic rings. The molecular formula is C23H26N2. The summed E-state index contributed by atoms with van der Waals surface area (Å²) >= 11 is 0. The van der Waals surface area contributed by atoms with E-state index in [9.17, 15) is 0 Å². The molecule has 0 bridgehead atoms. The first-order valence-electron chi connectivity index (χ1n) is 8.74. The Bertz CT molecular complexity index is 958. The van der Waals surface area contributed by atoms with E-state index in [0.717, 1.165) is 11.3 Å². The van der Waals surface area contributed by atoms with Crippen LogP contribution in [-0.4, -0.2) is 10.8 Å². The van der Waals surface area contributed by atoms with Crippen molar-refractivity contribution in [3.05, 3.63) is 81.7 Å². The zero-order chi connectivity index (χ0) is 18.1. The van der Waals surface area contributed by atoms with Crippen LogP contribution in [0.3, 0.4) is 0 Å². The van der Waals surface area contributed by atoms with Gasteiger partial charge in [0, 0.05) is 28.9 Å². The molecule has 0 atom stereocenters. The van der Waals surface area contributed by atoms with Crippen LogP contribution in [0.2, 0.25) is 0 Å². The number of hydrogen-bond acceptors (Lipinski definition) is 1. The minimum Gasteiger partial charge on any atom is -0.318 e. The first-order chi connectivity index (χ1) is 11.9. The minimum atomic E-state index is 0.999. The lowest BCUT2D eigenvalue weighted by Gasteiger charge is -2.11. The molecule has 0 aliphatic carbocycles. The van der Waals surface area contributed by atoms with Crippen molar-refractivity contribution >= 4 is 11.9 Å². The van der Waals surface area contributed by atoms with E-state index < -0.39 is 0 Å². The van der Waals surface area contributed by atoms with Gasteiger partial charge in [-0.25, -0.2) is 0 Å². The predicted octanol–water partition coefficient (Wildman–Crippen LogP) is 6.08. The van der Waals surface area contributed by atoms with E-state index >= 15 is 0 Å². The maximum absolute atomic E-state index is 4.68. The van der Waals surface area contributed by atoms with Gasteiger partial charge in [0.25, 0.3) is 0 Å². The lowest BCUT2D eigenvalue weighted by molar-refractivity contribution is 0.961. The molecule has 0 amide bonds. The van der Waals surface area contributed by atoms with Crippen molar-refractivity contribution in [1.82, 2.24) is 4.57 Å². The van der Waals surface area contributed by atoms with Crippen molar-refractivity contribution in [2.75, 3.05) is 0 Å². The van der Waals surface area contributed by atoms with E-state index in [1.165, 1.54) is 39.3 Å². The van der Waals surface area contributed by atoms with Gasteiger partial charge in [0.15, 0.2) is 0 Å². The van der Waals surface area contributed by atoms with Crippen molar-refractivity contribution in [2.24, 2.45) is 4.99 Å². The molecule has 128 valence electrons. The smallest absolute Gasteiger partial charge is 0.0632 e. The second kappa shape index (κ2) is 6.72. The Labute approximate surface area is 150 Å². The largest absolute Gasteiger partial charge is 0.318 e. The lowest BCUT2D eigenvalue weighted by atomic mass is 10.1. The van der Waals surface area contributed by atoms with Crippen LogP contribution in [0.15, 0.2) is 47.5 Å². The average Bonchev–Trinajstić information content (AvgIpc) is 2.85. The highest BCUT2D eigenvalue weighted by Gasteiger charge is 2.10. The number of benzene rings is 2. The monoisotopic (exact) mass is 330 g/mol. The van der Waals surface area contributed by atoms with Gasteiger partial charge in [-0.15, -0.1) is 0 Å². The predicted molar refractivity (Wildman–Crippen MR) is 108 cm³/mol. The van der Waals surface area contributed by atoms with Gasteiger partial charge in [-0.1, -0.05) is 12.1 Å². The Hall–Kier alpha value is -2.61. The third-order valence-electron chi connectivity index (χ3n) is 5.06. The zero-order valence-electron chi connectivity index (χ0n) is 16.0. The summed E-state index contributed by atoms with van der Waals surface area (Å²) in [6.45, 7) is 12.9. The third kappa shape index (κ3) is 3.43. The Kier molecular flexibility index (Phi) is 4.63. The standard InChI is InChI=1S/C23H26N2/c1-15-7-9-22(11-17(15)3)24-14-21-13-19(5)25(20(21)6)23-10-8-16(2)18(4)12-23/h7-14H,1-6H3. The van der Waals surface area contributed by atoms with Crippen LogP contribution >= 0.6 is 0 Å². The van der Waals surface area contributed by atoms with Gasteiger partial charge in [0.1, 0.15) is 0 Å². The molecule has 2 aromatic carbocycles. The second-order valence-corrected chi connectivity index (χ2v) is 6.96. The van der Waals surface area contributed by atoms with Crippen LogP contribution in [0.4, 0.5) is 5.69 Å². The molecule has 0 aliphatic heterocycles. The van der Waals surface area contributed by atoms with Gasteiger partial charge in [-0.05, 0) is 94.1 Å². The highest BCUT2D eigenvalue weighted by Crippen LogP contribution is 2.23. The summed E-state index contributed by atoms with van der Waals surface area (Å²) in [5.41, 5.74) is 11.0. The molecule has 0 radical (unpaired) electrons. The summed E-state index contributed by atoms with van der Waals surface area (Å²) in [6.07, 6.45) is 1.98. The van der Waals surface area contributed by atoms with E-state index in [2.05, 4.69) is 93.6 Å². The third-order valence-corrected chi connectivity index (χ3v) is 5.06. The molecule has 2 heteroatoms. The number of nitrogens with zero attached hydrogens (tertiary/aromatic N) is 2. The van der Waals surface area contributed by atoms with Gasteiger partial charge in [-0.2, -0.15) is 0 Å². The summed E-state index contributed by atoms with van der Waals surface area (Å²) in [5.74, 6) is 0. The molecule has 0 aliphatic rings. The molecule has 1 heterocycles. The van der Waals surface area contributed by atoms with Gasteiger partial charge in [-0.3, -0.25) is 4.99 Å². The van der Waals surface area contributed by atoms with Crippen molar-refractivity contribution < 1.29 is 0 Å². The molecule has 0 N–H and O–H groups in total. The van der Waals surface area contributed by atoms with Crippen molar-refractivity contribution in [3.63, 3.8) is 0 Å². The molecule has 3 rings (SSSR count). The SMILES string of the molecule is Cc1ccc(N=Cc2cc(C)n(-c3ccc(C)c(C)c3)c2C)cc1C. The summed E-state index contributed by atoms with van der Waals surface area (Å²) in [5, 5.41) is 0. The highest BCUT2D eigenvalue weighted by atomic mass is 15.0. The fourth-order valence-electron chi connectivity index (χ4n) is 3.13. The van der Waals surface area contributed by atoms with E-state index in [-0.39, 0.29) is 0 Å². The van der Waals surface area contributed by atoms with E-state index in [1.807, 2.05) is 6.21 Å². The van der Waals surface area contributed by atoms with Crippen molar-refractivity contribution in [3.8, 4) is 5.69 Å². The molecular weight excluding hydrogens is 304 g/mol. The number of aliphatic imine (C=N–C) groups is 1. The van der Waals surface area contributed by atoms with E-state index in [1.54, 1.807) is 0 Å². The Balaban J connectivity index is 1.97. The number of aromatic nitrogens is 1. The van der Waals surface area contributed by atoms with Gasteiger partial charge in [0.2, 0.25) is 0 Å². The van der Waals surface area contributed by atoms with Crippen LogP contribution < -0.4 is 0 Å². The summed E-state index contributed by atoms with van der Waals surface area (Å²) in [4.78, 5) is 4.68. The molecule has 0 saturated carbocycles. The average molecular weight is 330 g/mol. The Morgan fingerprint density at radius 2 is 1.36 bits per heavy atom. The quantitative estimate of drug-likeness (QED) is 0.518. The number of rotatable bonds is 3. The maximum Gasteiger partial charge on any atom is 0.0632 e. The zero-order valence-corrected chi connectivity index (χ0v) is 16.0. The van der Waals surface area contributed by atoms with E-state index in [0.29, 0.717) is 0 Å². The van der Waals surface area contributed by atoms with Gasteiger partial charge < -0.3 is 4.57 Å². The molecule has 0 spiro atoms.